The van der Waals surface area contributed by atoms with Gasteiger partial charge in [-0.25, -0.2) is 17.1 Å². The first-order valence-corrected chi connectivity index (χ1v) is 13.3. The van der Waals surface area contributed by atoms with Crippen molar-refractivity contribution in [3.8, 4) is 5.75 Å². The highest BCUT2D eigenvalue weighted by Gasteiger charge is 2.32. The largest absolute Gasteiger partial charge is 0.496 e. The second-order valence-corrected chi connectivity index (χ2v) is 11.4. The molecule has 0 aromatic heterocycles. The van der Waals surface area contributed by atoms with Gasteiger partial charge < -0.3 is 10.1 Å². The van der Waals surface area contributed by atoms with E-state index < -0.39 is 15.8 Å². The number of hydrogen-bond donors (Lipinski definition) is 1. The van der Waals surface area contributed by atoms with Gasteiger partial charge in [0.05, 0.1) is 18.9 Å². The van der Waals surface area contributed by atoms with Crippen molar-refractivity contribution >= 4 is 15.9 Å². The molecule has 3 rings (SSSR count). The zero-order valence-electron chi connectivity index (χ0n) is 20.6. The maximum Gasteiger partial charge on any atom is 0.223 e. The number of carbonyl (C=O) groups is 1. The molecular weight excluding hydrogens is 455 g/mol. The zero-order chi connectivity index (χ0) is 25.0. The van der Waals surface area contributed by atoms with Crippen LogP contribution in [0.2, 0.25) is 0 Å². The summed E-state index contributed by atoms with van der Waals surface area (Å²) in [4.78, 5) is 13.0. The van der Waals surface area contributed by atoms with Gasteiger partial charge in [0.25, 0.3) is 0 Å². The lowest BCUT2D eigenvalue weighted by molar-refractivity contribution is -0.126. The number of amides is 1. The van der Waals surface area contributed by atoms with E-state index in [0.29, 0.717) is 37.4 Å². The molecule has 1 aliphatic rings. The number of sulfonamides is 1. The Labute approximate surface area is 202 Å². The number of carbonyl (C=O) groups excluding carboxylic acids is 1. The van der Waals surface area contributed by atoms with Gasteiger partial charge in [0.15, 0.2) is 0 Å². The van der Waals surface area contributed by atoms with Crippen LogP contribution in [0.15, 0.2) is 36.4 Å². The fourth-order valence-electron chi connectivity index (χ4n) is 4.50. The summed E-state index contributed by atoms with van der Waals surface area (Å²) in [5.41, 5.74) is 3.75. The molecule has 1 aliphatic heterocycles. The van der Waals surface area contributed by atoms with Crippen molar-refractivity contribution in [1.29, 1.82) is 0 Å². The lowest BCUT2D eigenvalue weighted by Gasteiger charge is -2.31. The van der Waals surface area contributed by atoms with Crippen molar-refractivity contribution in [3.63, 3.8) is 0 Å². The molecule has 1 fully saturated rings. The summed E-state index contributed by atoms with van der Waals surface area (Å²) < 4.78 is 45.6. The molecule has 0 bridgehead atoms. The Morgan fingerprint density at radius 3 is 2.29 bits per heavy atom. The topological polar surface area (TPSA) is 75.7 Å². The van der Waals surface area contributed by atoms with Crippen LogP contribution in [-0.2, 0) is 20.6 Å². The molecule has 2 aromatic rings. The maximum atomic E-state index is 13.1. The van der Waals surface area contributed by atoms with Crippen LogP contribution in [0.3, 0.4) is 0 Å². The standard InChI is InChI=1S/C26H35FN2O4S/c1-17(2)23-15-24(18(3)14-25(23)33-5)19(4)28-26(30)21-10-12-29(13-11-21)34(31,32)16-20-6-8-22(27)9-7-20/h6-9,14-15,17,19,21H,10-13,16H2,1-5H3,(H,28,30)/t19-/m0/s1. The monoisotopic (exact) mass is 490 g/mol. The summed E-state index contributed by atoms with van der Waals surface area (Å²) in [6.07, 6.45) is 0.945. The highest BCUT2D eigenvalue weighted by atomic mass is 32.2. The van der Waals surface area contributed by atoms with Gasteiger partial charge in [0.2, 0.25) is 15.9 Å². The molecule has 34 heavy (non-hydrogen) atoms. The number of nitrogens with zero attached hydrogens (tertiary/aromatic N) is 1. The van der Waals surface area contributed by atoms with Crippen LogP contribution in [0.1, 0.15) is 67.8 Å². The smallest absolute Gasteiger partial charge is 0.223 e. The average Bonchev–Trinajstić information content (AvgIpc) is 2.79. The van der Waals surface area contributed by atoms with Gasteiger partial charge in [-0.2, -0.15) is 0 Å². The van der Waals surface area contributed by atoms with Crippen LogP contribution in [0.5, 0.6) is 5.75 Å². The van der Waals surface area contributed by atoms with Gasteiger partial charge >= 0.3 is 0 Å². The molecule has 0 aliphatic carbocycles. The Bertz CT molecular complexity index is 1110. The number of benzene rings is 2. The minimum absolute atomic E-state index is 0.0515. The second kappa shape index (κ2) is 10.9. The van der Waals surface area contributed by atoms with Crippen LogP contribution in [0.4, 0.5) is 4.39 Å². The third-order valence-electron chi connectivity index (χ3n) is 6.55. The highest BCUT2D eigenvalue weighted by molar-refractivity contribution is 7.88. The number of aryl methyl sites for hydroxylation is 1. The quantitative estimate of drug-likeness (QED) is 0.583. The normalized spacial score (nSPS) is 16.4. The van der Waals surface area contributed by atoms with Crippen molar-refractivity contribution in [2.45, 2.75) is 58.2 Å². The number of ether oxygens (including phenoxy) is 1. The molecule has 1 amide bonds. The average molecular weight is 491 g/mol. The third kappa shape index (κ3) is 6.16. The molecule has 1 heterocycles. The van der Waals surface area contributed by atoms with Crippen molar-refractivity contribution < 1.29 is 22.3 Å². The van der Waals surface area contributed by atoms with E-state index in [1.807, 2.05) is 19.9 Å². The van der Waals surface area contributed by atoms with Crippen LogP contribution < -0.4 is 10.1 Å². The Hall–Kier alpha value is -2.45. The van der Waals surface area contributed by atoms with Crippen LogP contribution in [0.25, 0.3) is 0 Å². The van der Waals surface area contributed by atoms with E-state index in [-0.39, 0.29) is 23.6 Å². The Morgan fingerprint density at radius 2 is 1.74 bits per heavy atom. The number of nitrogens with one attached hydrogen (secondary N) is 1. The fraction of sp³-hybridized carbons (Fsp3) is 0.500. The van der Waals surface area contributed by atoms with Crippen molar-refractivity contribution in [3.05, 3.63) is 64.5 Å². The third-order valence-corrected chi connectivity index (χ3v) is 8.40. The molecule has 1 atom stereocenters. The summed E-state index contributed by atoms with van der Waals surface area (Å²) in [7, 11) is -1.86. The van der Waals surface area contributed by atoms with Crippen LogP contribution in [0, 0.1) is 18.7 Å². The molecule has 1 N–H and O–H groups in total. The van der Waals surface area contributed by atoms with Gasteiger partial charge in [0.1, 0.15) is 11.6 Å². The fourth-order valence-corrected chi connectivity index (χ4v) is 6.06. The number of hydrogen-bond acceptors (Lipinski definition) is 4. The maximum absolute atomic E-state index is 13.1. The van der Waals surface area contributed by atoms with E-state index in [1.165, 1.54) is 28.6 Å². The summed E-state index contributed by atoms with van der Waals surface area (Å²) >= 11 is 0. The van der Waals surface area contributed by atoms with Crippen LogP contribution >= 0.6 is 0 Å². The first-order chi connectivity index (χ1) is 16.0. The van der Waals surface area contributed by atoms with Crippen molar-refractivity contribution in [2.24, 2.45) is 5.92 Å². The summed E-state index contributed by atoms with van der Waals surface area (Å²) in [5.74, 6) is 0.290. The van der Waals surface area contributed by atoms with Crippen molar-refractivity contribution in [1.82, 2.24) is 9.62 Å². The Kier molecular flexibility index (Phi) is 8.36. The van der Waals surface area contributed by atoms with Gasteiger partial charge in [-0.15, -0.1) is 0 Å². The van der Waals surface area contributed by atoms with Crippen LogP contribution in [-0.4, -0.2) is 38.8 Å². The molecule has 1 saturated heterocycles. The van der Waals surface area contributed by atoms with Crippen molar-refractivity contribution in [2.75, 3.05) is 20.2 Å². The molecule has 186 valence electrons. The van der Waals surface area contributed by atoms with Gasteiger partial charge in [-0.05, 0) is 79.1 Å². The first-order valence-electron chi connectivity index (χ1n) is 11.7. The number of halogens is 1. The summed E-state index contributed by atoms with van der Waals surface area (Å²) in [6.45, 7) is 8.80. The Morgan fingerprint density at radius 1 is 1.12 bits per heavy atom. The molecular formula is C26H35FN2O4S. The first kappa shape index (κ1) is 26.2. The predicted octanol–water partition coefficient (Wildman–Crippen LogP) is 4.69. The van der Waals surface area contributed by atoms with E-state index >= 15 is 0 Å². The lowest BCUT2D eigenvalue weighted by Crippen LogP contribution is -2.43. The predicted molar refractivity (Wildman–Crippen MR) is 132 cm³/mol. The molecule has 0 unspecified atom stereocenters. The SMILES string of the molecule is COc1cc(C)c([C@H](C)NC(=O)C2CCN(S(=O)(=O)Cc3ccc(F)cc3)CC2)cc1C(C)C. The molecule has 2 aromatic carbocycles. The number of piperidine rings is 1. The van der Waals surface area contributed by atoms with E-state index in [2.05, 4.69) is 25.2 Å². The molecule has 0 saturated carbocycles. The van der Waals surface area contributed by atoms with E-state index in [1.54, 1.807) is 7.11 Å². The Balaban J connectivity index is 1.60. The number of rotatable bonds is 8. The summed E-state index contributed by atoms with van der Waals surface area (Å²) in [5, 5.41) is 3.13. The van der Waals surface area contributed by atoms with E-state index in [0.717, 1.165) is 22.4 Å². The van der Waals surface area contributed by atoms with E-state index in [9.17, 15) is 17.6 Å². The number of methoxy groups -OCH3 is 1. The van der Waals surface area contributed by atoms with Gasteiger partial charge in [0, 0.05) is 19.0 Å². The minimum atomic E-state index is -3.52. The molecule has 8 heteroatoms. The minimum Gasteiger partial charge on any atom is -0.496 e. The lowest BCUT2D eigenvalue weighted by atomic mass is 9.92. The zero-order valence-corrected chi connectivity index (χ0v) is 21.4. The summed E-state index contributed by atoms with van der Waals surface area (Å²) in [6, 6.07) is 9.44. The van der Waals surface area contributed by atoms with Gasteiger partial charge in [-0.1, -0.05) is 26.0 Å². The molecule has 6 nitrogen and oxygen atoms in total. The second-order valence-electron chi connectivity index (χ2n) is 9.39. The molecule has 0 spiro atoms. The molecule has 0 radical (unpaired) electrons. The van der Waals surface area contributed by atoms with Gasteiger partial charge in [-0.3, -0.25) is 4.79 Å². The highest BCUT2D eigenvalue weighted by Crippen LogP contribution is 2.32. The van der Waals surface area contributed by atoms with E-state index in [4.69, 9.17) is 4.74 Å².